The van der Waals surface area contributed by atoms with Crippen LogP contribution in [0.3, 0.4) is 0 Å². The minimum Gasteiger partial charge on any atom is -0.360 e. The summed E-state index contributed by atoms with van der Waals surface area (Å²) in [6, 6.07) is 10.9. The van der Waals surface area contributed by atoms with Gasteiger partial charge in [-0.05, 0) is 37.7 Å². The standard InChI is InChI=1S/C22H31N5/c1-3-26(2)21-19-16-23-12-9-20(19)24-22(25-21)27-13-10-18(11-14-27)15-17-7-5-4-6-8-17/h4-8,18,23H,3,9-16H2,1-2H3. The maximum atomic E-state index is 4.99. The smallest absolute Gasteiger partial charge is 0.227 e. The van der Waals surface area contributed by atoms with Crippen LogP contribution < -0.4 is 15.1 Å². The summed E-state index contributed by atoms with van der Waals surface area (Å²) in [4.78, 5) is 14.6. The van der Waals surface area contributed by atoms with E-state index in [1.165, 1.54) is 36.1 Å². The van der Waals surface area contributed by atoms with Gasteiger partial charge in [0.2, 0.25) is 5.95 Å². The third-order valence-corrected chi connectivity index (χ3v) is 6.00. The Hall–Kier alpha value is -2.14. The van der Waals surface area contributed by atoms with Gasteiger partial charge in [0.1, 0.15) is 5.82 Å². The number of nitrogens with zero attached hydrogens (tertiary/aromatic N) is 4. The lowest BCUT2D eigenvalue weighted by atomic mass is 9.90. The van der Waals surface area contributed by atoms with Crippen molar-refractivity contribution in [3.8, 4) is 0 Å². The van der Waals surface area contributed by atoms with E-state index in [0.29, 0.717) is 0 Å². The fourth-order valence-electron chi connectivity index (χ4n) is 4.20. The van der Waals surface area contributed by atoms with Crippen LogP contribution in [0.1, 0.15) is 36.6 Å². The van der Waals surface area contributed by atoms with Crippen molar-refractivity contribution in [3.63, 3.8) is 0 Å². The Balaban J connectivity index is 1.48. The summed E-state index contributed by atoms with van der Waals surface area (Å²) in [6.45, 7) is 7.15. The van der Waals surface area contributed by atoms with Gasteiger partial charge in [0.15, 0.2) is 0 Å². The molecule has 27 heavy (non-hydrogen) atoms. The van der Waals surface area contributed by atoms with E-state index in [4.69, 9.17) is 9.97 Å². The van der Waals surface area contributed by atoms with Crippen molar-refractivity contribution < 1.29 is 0 Å². The number of benzene rings is 1. The second-order valence-corrected chi connectivity index (χ2v) is 7.83. The number of hydrogen-bond acceptors (Lipinski definition) is 5. The van der Waals surface area contributed by atoms with E-state index in [2.05, 4.69) is 59.4 Å². The first-order valence-corrected chi connectivity index (χ1v) is 10.3. The summed E-state index contributed by atoms with van der Waals surface area (Å²) < 4.78 is 0. The van der Waals surface area contributed by atoms with Crippen molar-refractivity contribution in [2.75, 3.05) is 43.0 Å². The van der Waals surface area contributed by atoms with Crippen LogP contribution in [0.15, 0.2) is 30.3 Å². The molecule has 0 amide bonds. The molecule has 1 aromatic carbocycles. The normalized spacial score (nSPS) is 17.6. The predicted octanol–water partition coefficient (Wildman–Crippen LogP) is 3.04. The largest absolute Gasteiger partial charge is 0.360 e. The minimum atomic E-state index is 0.767. The minimum absolute atomic E-state index is 0.767. The molecule has 0 radical (unpaired) electrons. The molecule has 0 unspecified atom stereocenters. The second-order valence-electron chi connectivity index (χ2n) is 7.83. The first-order chi connectivity index (χ1) is 13.2. The number of anilines is 2. The van der Waals surface area contributed by atoms with Gasteiger partial charge in [0.25, 0.3) is 0 Å². The average Bonchev–Trinajstić information content (AvgIpc) is 2.73. The Bertz CT molecular complexity index is 753. The van der Waals surface area contributed by atoms with E-state index < -0.39 is 0 Å². The first kappa shape index (κ1) is 18.2. The molecule has 0 spiro atoms. The highest BCUT2D eigenvalue weighted by Crippen LogP contribution is 2.29. The van der Waals surface area contributed by atoms with Gasteiger partial charge < -0.3 is 15.1 Å². The average molecular weight is 366 g/mol. The van der Waals surface area contributed by atoms with Crippen LogP contribution in [0.5, 0.6) is 0 Å². The molecule has 0 aliphatic carbocycles. The number of fused-ring (bicyclic) bond motifs is 1. The third-order valence-electron chi connectivity index (χ3n) is 6.00. The zero-order chi connectivity index (χ0) is 18.6. The Morgan fingerprint density at radius 3 is 2.67 bits per heavy atom. The molecule has 2 aliphatic heterocycles. The molecule has 2 aliphatic rings. The van der Waals surface area contributed by atoms with Crippen molar-refractivity contribution >= 4 is 11.8 Å². The van der Waals surface area contributed by atoms with Gasteiger partial charge in [-0.25, -0.2) is 4.98 Å². The van der Waals surface area contributed by atoms with Gasteiger partial charge in [-0.3, -0.25) is 0 Å². The number of hydrogen-bond donors (Lipinski definition) is 1. The highest BCUT2D eigenvalue weighted by atomic mass is 15.3. The van der Waals surface area contributed by atoms with Crippen molar-refractivity contribution in [1.82, 2.24) is 15.3 Å². The SMILES string of the molecule is CCN(C)c1nc(N2CCC(Cc3ccccc3)CC2)nc2c1CNCC2. The highest BCUT2D eigenvalue weighted by Gasteiger charge is 2.25. The van der Waals surface area contributed by atoms with E-state index in [0.717, 1.165) is 56.8 Å². The van der Waals surface area contributed by atoms with Crippen molar-refractivity contribution in [2.24, 2.45) is 5.92 Å². The molecule has 2 aromatic rings. The lowest BCUT2D eigenvalue weighted by Crippen LogP contribution is -2.37. The summed E-state index contributed by atoms with van der Waals surface area (Å²) >= 11 is 0. The van der Waals surface area contributed by atoms with Crippen LogP contribution in [0, 0.1) is 5.92 Å². The van der Waals surface area contributed by atoms with E-state index in [9.17, 15) is 0 Å². The summed E-state index contributed by atoms with van der Waals surface area (Å²) in [5.74, 6) is 2.81. The van der Waals surface area contributed by atoms with Crippen LogP contribution in [-0.4, -0.2) is 43.2 Å². The molecule has 0 saturated carbocycles. The van der Waals surface area contributed by atoms with Crippen molar-refractivity contribution in [2.45, 2.75) is 39.2 Å². The predicted molar refractivity (Wildman–Crippen MR) is 111 cm³/mol. The number of nitrogens with one attached hydrogen (secondary N) is 1. The van der Waals surface area contributed by atoms with Gasteiger partial charge in [-0.15, -0.1) is 0 Å². The molecule has 144 valence electrons. The molecule has 5 heteroatoms. The van der Waals surface area contributed by atoms with Crippen LogP contribution in [0.25, 0.3) is 0 Å². The van der Waals surface area contributed by atoms with E-state index in [1.54, 1.807) is 0 Å². The molecular weight excluding hydrogens is 334 g/mol. The molecule has 3 heterocycles. The molecule has 4 rings (SSSR count). The Labute approximate surface area is 162 Å². The maximum Gasteiger partial charge on any atom is 0.227 e. The highest BCUT2D eigenvalue weighted by molar-refractivity contribution is 5.53. The Morgan fingerprint density at radius 2 is 1.93 bits per heavy atom. The fourth-order valence-corrected chi connectivity index (χ4v) is 4.20. The van der Waals surface area contributed by atoms with Crippen LogP contribution in [-0.2, 0) is 19.4 Å². The summed E-state index contributed by atoms with van der Waals surface area (Å²) in [6.07, 6.45) is 4.63. The van der Waals surface area contributed by atoms with Gasteiger partial charge in [0, 0.05) is 51.8 Å². The Morgan fingerprint density at radius 1 is 1.15 bits per heavy atom. The molecule has 1 fully saturated rings. The van der Waals surface area contributed by atoms with E-state index >= 15 is 0 Å². The van der Waals surface area contributed by atoms with Gasteiger partial charge >= 0.3 is 0 Å². The molecule has 5 nitrogen and oxygen atoms in total. The molecule has 0 bridgehead atoms. The zero-order valence-electron chi connectivity index (χ0n) is 16.6. The number of rotatable bonds is 5. The topological polar surface area (TPSA) is 44.3 Å². The van der Waals surface area contributed by atoms with E-state index in [1.807, 2.05) is 0 Å². The second kappa shape index (κ2) is 8.26. The van der Waals surface area contributed by atoms with Gasteiger partial charge in [-0.2, -0.15) is 4.98 Å². The maximum absolute atomic E-state index is 4.99. The first-order valence-electron chi connectivity index (χ1n) is 10.3. The number of aromatic nitrogens is 2. The fraction of sp³-hybridized carbons (Fsp3) is 0.545. The zero-order valence-corrected chi connectivity index (χ0v) is 16.6. The third kappa shape index (κ3) is 4.08. The van der Waals surface area contributed by atoms with Gasteiger partial charge in [0.05, 0.1) is 5.69 Å². The summed E-state index contributed by atoms with van der Waals surface area (Å²) in [7, 11) is 2.13. The quantitative estimate of drug-likeness (QED) is 0.882. The number of piperidine rings is 1. The van der Waals surface area contributed by atoms with Crippen LogP contribution >= 0.6 is 0 Å². The van der Waals surface area contributed by atoms with Crippen LogP contribution in [0.4, 0.5) is 11.8 Å². The lowest BCUT2D eigenvalue weighted by Gasteiger charge is -2.34. The molecule has 0 atom stereocenters. The van der Waals surface area contributed by atoms with Crippen LogP contribution in [0.2, 0.25) is 0 Å². The molecule has 1 N–H and O–H groups in total. The van der Waals surface area contributed by atoms with E-state index in [-0.39, 0.29) is 0 Å². The lowest BCUT2D eigenvalue weighted by molar-refractivity contribution is 0.400. The van der Waals surface area contributed by atoms with Crippen molar-refractivity contribution in [1.29, 1.82) is 0 Å². The molecule has 1 saturated heterocycles. The monoisotopic (exact) mass is 365 g/mol. The molecule has 1 aromatic heterocycles. The summed E-state index contributed by atoms with van der Waals surface area (Å²) in [5, 5.41) is 3.47. The van der Waals surface area contributed by atoms with Gasteiger partial charge in [-0.1, -0.05) is 30.3 Å². The Kier molecular flexibility index (Phi) is 5.58. The van der Waals surface area contributed by atoms with Crippen molar-refractivity contribution in [3.05, 3.63) is 47.2 Å². The molecular formula is C22H31N5. The summed E-state index contributed by atoms with van der Waals surface area (Å²) in [5.41, 5.74) is 3.98.